The minimum absolute atomic E-state index is 0.0620. The highest BCUT2D eigenvalue weighted by Crippen LogP contribution is 2.09. The fraction of sp³-hybridized carbons (Fsp3) is 0.800. The standard InChI is InChI=1S/C20H37N5O5S/c1-12(2)10-15(20(29)30)24-18(27)14(6-3-4-8-21)23-19(28)16(11-31)25-17(26)13-7-5-9-22-13/h12-16,22,31H,3-11,21H2,1-2H3,(H,23,28)(H,24,27)(H,25,26)(H,29,30). The number of carbonyl (C=O) groups is 4. The van der Waals surface area contributed by atoms with Gasteiger partial charge in [-0.25, -0.2) is 4.79 Å². The Hall–Kier alpha value is -1.85. The highest BCUT2D eigenvalue weighted by Gasteiger charge is 2.31. The molecule has 1 aliphatic rings. The van der Waals surface area contributed by atoms with Crippen LogP contribution in [0.2, 0.25) is 0 Å². The first-order valence-corrected chi connectivity index (χ1v) is 11.5. The fourth-order valence-electron chi connectivity index (χ4n) is 3.37. The van der Waals surface area contributed by atoms with E-state index >= 15 is 0 Å². The van der Waals surface area contributed by atoms with E-state index in [1.807, 2.05) is 13.8 Å². The fourth-order valence-corrected chi connectivity index (χ4v) is 3.63. The summed E-state index contributed by atoms with van der Waals surface area (Å²) in [5.74, 6) is -2.38. The monoisotopic (exact) mass is 459 g/mol. The van der Waals surface area contributed by atoms with Crippen LogP contribution in [0.5, 0.6) is 0 Å². The van der Waals surface area contributed by atoms with Crippen molar-refractivity contribution in [2.75, 3.05) is 18.8 Å². The van der Waals surface area contributed by atoms with Crippen molar-refractivity contribution in [1.82, 2.24) is 21.3 Å². The number of carboxylic acids is 1. The summed E-state index contributed by atoms with van der Waals surface area (Å²) in [6.45, 7) is 4.92. The molecule has 11 heteroatoms. The molecule has 31 heavy (non-hydrogen) atoms. The van der Waals surface area contributed by atoms with E-state index < -0.39 is 35.9 Å². The molecule has 10 nitrogen and oxygen atoms in total. The molecule has 0 saturated carbocycles. The number of hydrogen-bond donors (Lipinski definition) is 7. The maximum Gasteiger partial charge on any atom is 0.326 e. The van der Waals surface area contributed by atoms with E-state index in [1.54, 1.807) is 0 Å². The quantitative estimate of drug-likeness (QED) is 0.134. The minimum Gasteiger partial charge on any atom is -0.480 e. The number of nitrogens with two attached hydrogens (primary N) is 1. The molecule has 0 radical (unpaired) electrons. The van der Waals surface area contributed by atoms with Gasteiger partial charge in [-0.05, 0) is 57.5 Å². The lowest BCUT2D eigenvalue weighted by atomic mass is 10.0. The third-order valence-corrected chi connectivity index (χ3v) is 5.46. The molecule has 1 fully saturated rings. The van der Waals surface area contributed by atoms with Crippen LogP contribution >= 0.6 is 12.6 Å². The Balaban J connectivity index is 2.79. The van der Waals surface area contributed by atoms with Gasteiger partial charge in [0.05, 0.1) is 6.04 Å². The Bertz CT molecular complexity index is 613. The number of rotatable bonds is 14. The molecule has 7 N–H and O–H groups in total. The van der Waals surface area contributed by atoms with Gasteiger partial charge in [0.15, 0.2) is 0 Å². The summed E-state index contributed by atoms with van der Waals surface area (Å²) < 4.78 is 0. The molecule has 3 amide bonds. The van der Waals surface area contributed by atoms with Gasteiger partial charge in [-0.3, -0.25) is 14.4 Å². The number of carbonyl (C=O) groups excluding carboxylic acids is 3. The molecule has 0 spiro atoms. The van der Waals surface area contributed by atoms with E-state index in [4.69, 9.17) is 5.73 Å². The Labute approximate surface area is 189 Å². The topological polar surface area (TPSA) is 163 Å². The molecule has 0 aromatic rings. The van der Waals surface area contributed by atoms with E-state index in [-0.39, 0.29) is 30.0 Å². The van der Waals surface area contributed by atoms with Crippen molar-refractivity contribution in [2.24, 2.45) is 11.7 Å². The molecular weight excluding hydrogens is 422 g/mol. The van der Waals surface area contributed by atoms with Gasteiger partial charge in [-0.2, -0.15) is 12.6 Å². The van der Waals surface area contributed by atoms with Crippen LogP contribution in [0.4, 0.5) is 0 Å². The lowest BCUT2D eigenvalue weighted by Crippen LogP contribution is -2.57. The number of hydrogen-bond acceptors (Lipinski definition) is 7. The van der Waals surface area contributed by atoms with Gasteiger partial charge >= 0.3 is 5.97 Å². The molecular formula is C20H37N5O5S. The van der Waals surface area contributed by atoms with Crippen molar-refractivity contribution < 1.29 is 24.3 Å². The molecule has 178 valence electrons. The number of thiol groups is 1. The SMILES string of the molecule is CC(C)CC(NC(=O)C(CCCCN)NC(=O)C(CS)NC(=O)C1CCCN1)C(=O)O. The largest absolute Gasteiger partial charge is 0.480 e. The van der Waals surface area contributed by atoms with Crippen LogP contribution in [0.15, 0.2) is 0 Å². The van der Waals surface area contributed by atoms with Gasteiger partial charge in [0.1, 0.15) is 18.1 Å². The first-order valence-electron chi connectivity index (χ1n) is 10.9. The molecule has 0 aliphatic carbocycles. The number of amides is 3. The number of aliphatic carboxylic acids is 1. The van der Waals surface area contributed by atoms with Crippen LogP contribution in [0, 0.1) is 5.92 Å². The zero-order chi connectivity index (χ0) is 23.4. The summed E-state index contributed by atoms with van der Waals surface area (Å²) in [5, 5.41) is 20.3. The molecule has 0 aromatic heterocycles. The highest BCUT2D eigenvalue weighted by molar-refractivity contribution is 7.80. The van der Waals surface area contributed by atoms with E-state index in [0.717, 1.165) is 13.0 Å². The maximum absolute atomic E-state index is 12.8. The second-order valence-electron chi connectivity index (χ2n) is 8.27. The molecule has 4 unspecified atom stereocenters. The molecule has 1 rings (SSSR count). The summed E-state index contributed by atoms with van der Waals surface area (Å²) in [7, 11) is 0. The van der Waals surface area contributed by atoms with Gasteiger partial charge in [0, 0.05) is 5.75 Å². The first kappa shape index (κ1) is 27.2. The van der Waals surface area contributed by atoms with Crippen molar-refractivity contribution in [2.45, 2.75) is 76.5 Å². The average molecular weight is 460 g/mol. The summed E-state index contributed by atoms with van der Waals surface area (Å²) in [6, 6.07) is -3.23. The van der Waals surface area contributed by atoms with Crippen molar-refractivity contribution in [1.29, 1.82) is 0 Å². The first-order chi connectivity index (χ1) is 14.7. The van der Waals surface area contributed by atoms with E-state index in [9.17, 15) is 24.3 Å². The smallest absolute Gasteiger partial charge is 0.326 e. The molecule has 1 saturated heterocycles. The van der Waals surface area contributed by atoms with Crippen LogP contribution < -0.4 is 27.0 Å². The number of nitrogens with one attached hydrogen (secondary N) is 4. The zero-order valence-electron chi connectivity index (χ0n) is 18.4. The Kier molecular flexibility index (Phi) is 12.5. The van der Waals surface area contributed by atoms with Crippen molar-refractivity contribution in [3.8, 4) is 0 Å². The maximum atomic E-state index is 12.8. The van der Waals surface area contributed by atoms with Gasteiger partial charge in [-0.1, -0.05) is 13.8 Å². The second-order valence-corrected chi connectivity index (χ2v) is 8.63. The third-order valence-electron chi connectivity index (χ3n) is 5.09. The highest BCUT2D eigenvalue weighted by atomic mass is 32.1. The van der Waals surface area contributed by atoms with E-state index in [0.29, 0.717) is 32.2 Å². The van der Waals surface area contributed by atoms with Crippen molar-refractivity contribution in [3.05, 3.63) is 0 Å². The van der Waals surface area contributed by atoms with Crippen LogP contribution in [0.1, 0.15) is 52.4 Å². The Morgan fingerprint density at radius 1 is 1.06 bits per heavy atom. The predicted octanol–water partition coefficient (Wildman–Crippen LogP) is -0.618. The molecule has 0 bridgehead atoms. The van der Waals surface area contributed by atoms with Crippen LogP contribution in [-0.4, -0.2) is 71.8 Å². The number of carboxylic acid groups (broad SMARTS) is 1. The van der Waals surface area contributed by atoms with Gasteiger partial charge in [0.2, 0.25) is 17.7 Å². The Morgan fingerprint density at radius 3 is 2.23 bits per heavy atom. The minimum atomic E-state index is -1.13. The van der Waals surface area contributed by atoms with E-state index in [2.05, 4.69) is 33.9 Å². The summed E-state index contributed by atoms with van der Waals surface area (Å²) in [4.78, 5) is 49.4. The summed E-state index contributed by atoms with van der Waals surface area (Å²) in [5.41, 5.74) is 5.52. The molecule has 1 aliphatic heterocycles. The molecule has 0 aromatic carbocycles. The Morgan fingerprint density at radius 2 is 1.71 bits per heavy atom. The summed E-state index contributed by atoms with van der Waals surface area (Å²) in [6.07, 6.45) is 3.41. The lowest BCUT2D eigenvalue weighted by Gasteiger charge is -2.25. The lowest BCUT2D eigenvalue weighted by molar-refractivity contribution is -0.142. The normalized spacial score (nSPS) is 18.8. The number of unbranched alkanes of at least 4 members (excludes halogenated alkanes) is 1. The zero-order valence-corrected chi connectivity index (χ0v) is 19.2. The van der Waals surface area contributed by atoms with Gasteiger partial charge in [0.25, 0.3) is 0 Å². The van der Waals surface area contributed by atoms with Crippen LogP contribution in [-0.2, 0) is 19.2 Å². The van der Waals surface area contributed by atoms with E-state index in [1.165, 1.54) is 0 Å². The van der Waals surface area contributed by atoms with Crippen LogP contribution in [0.25, 0.3) is 0 Å². The van der Waals surface area contributed by atoms with Crippen molar-refractivity contribution in [3.63, 3.8) is 0 Å². The van der Waals surface area contributed by atoms with Crippen molar-refractivity contribution >= 4 is 36.3 Å². The average Bonchev–Trinajstić information content (AvgIpc) is 3.25. The van der Waals surface area contributed by atoms with Gasteiger partial charge in [-0.15, -0.1) is 0 Å². The van der Waals surface area contributed by atoms with Crippen LogP contribution in [0.3, 0.4) is 0 Å². The second kappa shape index (κ2) is 14.3. The molecule has 4 atom stereocenters. The predicted molar refractivity (Wildman–Crippen MR) is 121 cm³/mol. The van der Waals surface area contributed by atoms with Gasteiger partial charge < -0.3 is 32.1 Å². The summed E-state index contributed by atoms with van der Waals surface area (Å²) >= 11 is 4.16. The molecule has 1 heterocycles. The third kappa shape index (κ3) is 9.88.